The van der Waals surface area contributed by atoms with E-state index in [4.69, 9.17) is 9.47 Å². The van der Waals surface area contributed by atoms with Crippen LogP contribution < -0.4 is 9.47 Å². The third-order valence-electron chi connectivity index (χ3n) is 6.09. The Morgan fingerprint density at radius 2 is 1.91 bits per heavy atom. The molecular formula is C25H34N2O4S. The van der Waals surface area contributed by atoms with Crippen molar-refractivity contribution in [2.24, 2.45) is 5.92 Å². The second kappa shape index (κ2) is 10.9. The number of carbonyl (C=O) groups is 2. The number of ether oxygens (including phenoxy) is 2. The molecule has 0 spiro atoms. The molecule has 3 rings (SSSR count). The van der Waals surface area contributed by atoms with Gasteiger partial charge in [-0.1, -0.05) is 32.9 Å². The van der Waals surface area contributed by atoms with E-state index in [0.29, 0.717) is 24.7 Å². The van der Waals surface area contributed by atoms with E-state index in [1.807, 2.05) is 56.9 Å². The molecule has 1 aromatic carbocycles. The number of hydrogen-bond acceptors (Lipinski definition) is 5. The van der Waals surface area contributed by atoms with Gasteiger partial charge in [0.15, 0.2) is 11.5 Å². The molecular weight excluding hydrogens is 424 g/mol. The zero-order valence-corrected chi connectivity index (χ0v) is 20.5. The average Bonchev–Trinajstić information content (AvgIpc) is 3.29. The van der Waals surface area contributed by atoms with E-state index in [9.17, 15) is 9.59 Å². The van der Waals surface area contributed by atoms with Crippen molar-refractivity contribution in [1.82, 2.24) is 9.80 Å². The van der Waals surface area contributed by atoms with Crippen LogP contribution in [0.15, 0.2) is 35.7 Å². The lowest BCUT2D eigenvalue weighted by molar-refractivity contribution is -0.146. The first-order valence-corrected chi connectivity index (χ1v) is 12.2. The predicted molar refractivity (Wildman–Crippen MR) is 127 cm³/mol. The highest BCUT2D eigenvalue weighted by Crippen LogP contribution is 2.35. The van der Waals surface area contributed by atoms with Crippen molar-refractivity contribution >= 4 is 23.2 Å². The number of nitrogens with zero attached hydrogens (tertiary/aromatic N) is 2. The highest BCUT2D eigenvalue weighted by molar-refractivity contribution is 7.10. The molecule has 0 bridgehead atoms. The molecule has 7 heteroatoms. The number of methoxy groups -OCH3 is 1. The summed E-state index contributed by atoms with van der Waals surface area (Å²) in [5, 5.41) is 2.07. The standard InChI is InChI=1S/C25H34N2O4S/c1-6-18(4)27(25(29)17(2)3)15-24(28)26-13-11-23-19(12-14-32-23)20(26)16-31-22-10-8-7-9-21(22)30-5/h7-10,12,14,17-18,20H,6,11,13,15-16H2,1-5H3/t18-,20-/m0/s1. The highest BCUT2D eigenvalue weighted by atomic mass is 32.1. The van der Waals surface area contributed by atoms with E-state index in [1.165, 1.54) is 4.88 Å². The maximum absolute atomic E-state index is 13.5. The maximum Gasteiger partial charge on any atom is 0.242 e. The summed E-state index contributed by atoms with van der Waals surface area (Å²) in [5.74, 6) is 1.15. The summed E-state index contributed by atoms with van der Waals surface area (Å²) in [7, 11) is 1.62. The number of carbonyl (C=O) groups excluding carboxylic acids is 2. The number of amides is 2. The van der Waals surface area contributed by atoms with Crippen LogP contribution in [0.25, 0.3) is 0 Å². The molecule has 32 heavy (non-hydrogen) atoms. The zero-order valence-electron chi connectivity index (χ0n) is 19.7. The van der Waals surface area contributed by atoms with Crippen LogP contribution >= 0.6 is 11.3 Å². The lowest BCUT2D eigenvalue weighted by Crippen LogP contribution is -2.50. The van der Waals surface area contributed by atoms with Crippen molar-refractivity contribution in [3.8, 4) is 11.5 Å². The van der Waals surface area contributed by atoms with Gasteiger partial charge in [0.2, 0.25) is 11.8 Å². The topological polar surface area (TPSA) is 59.1 Å². The Morgan fingerprint density at radius 1 is 1.19 bits per heavy atom. The summed E-state index contributed by atoms with van der Waals surface area (Å²) in [6.45, 7) is 8.85. The first-order chi connectivity index (χ1) is 15.4. The summed E-state index contributed by atoms with van der Waals surface area (Å²) >= 11 is 1.72. The first kappa shape index (κ1) is 24.1. The Hall–Kier alpha value is -2.54. The maximum atomic E-state index is 13.5. The second-order valence-electron chi connectivity index (χ2n) is 8.49. The highest BCUT2D eigenvalue weighted by Gasteiger charge is 2.34. The number of hydrogen-bond donors (Lipinski definition) is 0. The summed E-state index contributed by atoms with van der Waals surface area (Å²) in [6, 6.07) is 9.42. The van der Waals surface area contributed by atoms with E-state index in [-0.39, 0.29) is 36.4 Å². The lowest BCUT2D eigenvalue weighted by atomic mass is 10.00. The van der Waals surface area contributed by atoms with E-state index in [1.54, 1.807) is 23.3 Å². The number of rotatable bonds is 9. The average molecular weight is 459 g/mol. The molecule has 0 saturated carbocycles. The number of para-hydroxylation sites is 2. The Labute approximate surface area is 195 Å². The normalized spacial score (nSPS) is 16.4. The molecule has 0 saturated heterocycles. The molecule has 2 aromatic rings. The fourth-order valence-corrected chi connectivity index (χ4v) is 4.95. The third-order valence-corrected chi connectivity index (χ3v) is 7.08. The molecule has 0 N–H and O–H groups in total. The van der Waals surface area contributed by atoms with Crippen LogP contribution in [0, 0.1) is 5.92 Å². The van der Waals surface area contributed by atoms with E-state index >= 15 is 0 Å². The van der Waals surface area contributed by atoms with Crippen molar-refractivity contribution < 1.29 is 19.1 Å². The Morgan fingerprint density at radius 3 is 2.56 bits per heavy atom. The minimum absolute atomic E-state index is 0.0126. The number of thiophene rings is 1. The van der Waals surface area contributed by atoms with Gasteiger partial charge < -0.3 is 19.3 Å². The minimum atomic E-state index is -0.199. The summed E-state index contributed by atoms with van der Waals surface area (Å²) in [4.78, 5) is 31.2. The number of benzene rings is 1. The van der Waals surface area contributed by atoms with Crippen LogP contribution in [0.5, 0.6) is 11.5 Å². The molecule has 1 aliphatic heterocycles. The van der Waals surface area contributed by atoms with Crippen molar-refractivity contribution in [3.05, 3.63) is 46.2 Å². The van der Waals surface area contributed by atoms with Gasteiger partial charge in [0.05, 0.1) is 13.2 Å². The molecule has 1 aliphatic rings. The minimum Gasteiger partial charge on any atom is -0.493 e. The molecule has 0 radical (unpaired) electrons. The molecule has 174 valence electrons. The van der Waals surface area contributed by atoms with Gasteiger partial charge in [0.1, 0.15) is 13.2 Å². The molecule has 0 fully saturated rings. The van der Waals surface area contributed by atoms with Gasteiger partial charge in [0, 0.05) is 23.4 Å². The molecule has 0 aliphatic carbocycles. The van der Waals surface area contributed by atoms with Gasteiger partial charge >= 0.3 is 0 Å². The largest absolute Gasteiger partial charge is 0.493 e. The van der Waals surface area contributed by atoms with E-state index in [2.05, 4.69) is 11.4 Å². The van der Waals surface area contributed by atoms with Crippen LogP contribution in [0.3, 0.4) is 0 Å². The quantitative estimate of drug-likeness (QED) is 0.553. The van der Waals surface area contributed by atoms with Gasteiger partial charge in [-0.3, -0.25) is 9.59 Å². The first-order valence-electron chi connectivity index (χ1n) is 11.3. The Balaban J connectivity index is 1.81. The van der Waals surface area contributed by atoms with E-state index in [0.717, 1.165) is 18.4 Å². The summed E-state index contributed by atoms with van der Waals surface area (Å²) in [6.07, 6.45) is 1.63. The van der Waals surface area contributed by atoms with Crippen LogP contribution in [-0.4, -0.2) is 54.5 Å². The fraction of sp³-hybridized carbons (Fsp3) is 0.520. The molecule has 2 amide bonds. The van der Waals surface area contributed by atoms with Crippen molar-refractivity contribution in [3.63, 3.8) is 0 Å². The molecule has 6 nitrogen and oxygen atoms in total. The second-order valence-corrected chi connectivity index (χ2v) is 9.49. The van der Waals surface area contributed by atoms with Gasteiger partial charge in [-0.2, -0.15) is 0 Å². The van der Waals surface area contributed by atoms with Gasteiger partial charge in [-0.25, -0.2) is 0 Å². The lowest BCUT2D eigenvalue weighted by Gasteiger charge is -2.38. The monoisotopic (exact) mass is 458 g/mol. The summed E-state index contributed by atoms with van der Waals surface area (Å²) < 4.78 is 11.5. The van der Waals surface area contributed by atoms with Crippen molar-refractivity contribution in [2.75, 3.05) is 26.8 Å². The van der Waals surface area contributed by atoms with Gasteiger partial charge in [0.25, 0.3) is 0 Å². The van der Waals surface area contributed by atoms with Crippen LogP contribution in [0.4, 0.5) is 0 Å². The van der Waals surface area contributed by atoms with E-state index < -0.39 is 0 Å². The zero-order chi connectivity index (χ0) is 23.3. The summed E-state index contributed by atoms with van der Waals surface area (Å²) in [5.41, 5.74) is 1.13. The molecule has 1 aromatic heterocycles. The van der Waals surface area contributed by atoms with Gasteiger partial charge in [-0.15, -0.1) is 11.3 Å². The molecule has 2 atom stereocenters. The Kier molecular flexibility index (Phi) is 8.18. The van der Waals surface area contributed by atoms with Crippen LogP contribution in [-0.2, 0) is 16.0 Å². The number of fused-ring (bicyclic) bond motifs is 1. The molecule has 0 unspecified atom stereocenters. The van der Waals surface area contributed by atoms with Crippen molar-refractivity contribution in [2.45, 2.75) is 52.6 Å². The van der Waals surface area contributed by atoms with Gasteiger partial charge in [-0.05, 0) is 48.9 Å². The molecule has 2 heterocycles. The van der Waals surface area contributed by atoms with Crippen LogP contribution in [0.2, 0.25) is 0 Å². The van der Waals surface area contributed by atoms with Crippen LogP contribution in [0.1, 0.15) is 50.6 Å². The van der Waals surface area contributed by atoms with Crippen molar-refractivity contribution in [1.29, 1.82) is 0 Å². The SMILES string of the molecule is CC[C@H](C)N(CC(=O)N1CCc2sccc2[C@@H]1COc1ccccc1OC)C(=O)C(C)C. The third kappa shape index (κ3) is 5.26. The predicted octanol–water partition coefficient (Wildman–Crippen LogP) is 4.54. The smallest absolute Gasteiger partial charge is 0.242 e. The Bertz CT molecular complexity index is 926. The fourth-order valence-electron chi connectivity index (χ4n) is 4.02.